The minimum absolute atomic E-state index is 0.252. The van der Waals surface area contributed by atoms with Crippen molar-refractivity contribution in [3.8, 4) is 0 Å². The Morgan fingerprint density at radius 1 is 1.20 bits per heavy atom. The lowest BCUT2D eigenvalue weighted by atomic mass is 10.2. The van der Waals surface area contributed by atoms with Crippen LogP contribution in [-0.4, -0.2) is 30.8 Å². The number of rotatable bonds is 10. The minimum atomic E-state index is -3.29. The highest BCUT2D eigenvalue weighted by Crippen LogP contribution is 2.41. The molecule has 0 aromatic heterocycles. The number of nitrogens with one attached hydrogen (secondary N) is 1. The fourth-order valence-electron chi connectivity index (χ4n) is 1.30. The van der Waals surface area contributed by atoms with Crippen LogP contribution in [0, 0.1) is 0 Å². The zero-order valence-corrected chi connectivity index (χ0v) is 10.8. The van der Waals surface area contributed by atoms with Gasteiger partial charge in [0.15, 0.2) is 0 Å². The Morgan fingerprint density at radius 2 is 1.87 bits per heavy atom. The van der Waals surface area contributed by atoms with E-state index in [1.165, 1.54) is 19.3 Å². The van der Waals surface area contributed by atoms with Crippen molar-refractivity contribution in [1.29, 1.82) is 0 Å². The smallest absolute Gasteiger partial charge is 0.324 e. The number of unbranched alkanes of at least 4 members (excludes halogenated alkanes) is 2. The van der Waals surface area contributed by atoms with Crippen LogP contribution >= 0.6 is 7.60 Å². The van der Waals surface area contributed by atoms with Gasteiger partial charge < -0.3 is 14.7 Å². The first-order chi connectivity index (χ1) is 7.12. The van der Waals surface area contributed by atoms with Crippen LogP contribution in [0.15, 0.2) is 0 Å². The molecule has 1 atom stereocenters. The fraction of sp³-hybridized carbons (Fsp3) is 1.00. The van der Waals surface area contributed by atoms with E-state index in [-0.39, 0.29) is 6.16 Å². The molecule has 2 N–H and O–H groups in total. The summed E-state index contributed by atoms with van der Waals surface area (Å²) in [6, 6.07) is 0. The van der Waals surface area contributed by atoms with Gasteiger partial charge in [0.1, 0.15) is 0 Å². The molecule has 92 valence electrons. The third-order valence-electron chi connectivity index (χ3n) is 2.08. The SMILES string of the molecule is CCCCCNCCCP(=O)(O)OCC. The summed E-state index contributed by atoms with van der Waals surface area (Å²) in [5.74, 6) is 0. The maximum Gasteiger partial charge on any atom is 0.328 e. The largest absolute Gasteiger partial charge is 0.328 e. The molecule has 0 aromatic rings. The van der Waals surface area contributed by atoms with Crippen molar-refractivity contribution >= 4 is 7.60 Å². The minimum Gasteiger partial charge on any atom is -0.324 e. The first-order valence-electron chi connectivity index (χ1n) is 5.79. The fourth-order valence-corrected chi connectivity index (χ4v) is 2.39. The van der Waals surface area contributed by atoms with Crippen LogP contribution in [-0.2, 0) is 9.09 Å². The third-order valence-corrected chi connectivity index (χ3v) is 3.63. The van der Waals surface area contributed by atoms with Crippen LogP contribution < -0.4 is 5.32 Å². The van der Waals surface area contributed by atoms with Gasteiger partial charge in [0, 0.05) is 0 Å². The lowest BCUT2D eigenvalue weighted by Crippen LogP contribution is -2.17. The molecule has 0 saturated heterocycles. The highest BCUT2D eigenvalue weighted by molar-refractivity contribution is 7.52. The predicted octanol–water partition coefficient (Wildman–Crippen LogP) is 2.38. The van der Waals surface area contributed by atoms with E-state index in [9.17, 15) is 9.46 Å². The molecule has 0 radical (unpaired) electrons. The zero-order valence-electron chi connectivity index (χ0n) is 9.87. The third kappa shape index (κ3) is 10.4. The van der Waals surface area contributed by atoms with E-state index in [1.54, 1.807) is 6.92 Å². The van der Waals surface area contributed by atoms with Crippen molar-refractivity contribution in [2.75, 3.05) is 25.9 Å². The number of hydrogen-bond acceptors (Lipinski definition) is 3. The maximum atomic E-state index is 11.3. The summed E-state index contributed by atoms with van der Waals surface area (Å²) in [6.45, 7) is 5.99. The van der Waals surface area contributed by atoms with Crippen molar-refractivity contribution in [1.82, 2.24) is 5.32 Å². The van der Waals surface area contributed by atoms with Gasteiger partial charge >= 0.3 is 7.60 Å². The van der Waals surface area contributed by atoms with E-state index in [0.717, 1.165) is 13.1 Å². The van der Waals surface area contributed by atoms with E-state index in [2.05, 4.69) is 12.2 Å². The average Bonchev–Trinajstić information content (AvgIpc) is 2.16. The molecule has 0 aliphatic rings. The summed E-state index contributed by atoms with van der Waals surface area (Å²) in [7, 11) is -3.29. The first-order valence-corrected chi connectivity index (χ1v) is 7.55. The maximum absolute atomic E-state index is 11.3. The summed E-state index contributed by atoms with van der Waals surface area (Å²) in [6.07, 6.45) is 4.59. The van der Waals surface area contributed by atoms with Gasteiger partial charge in [-0.05, 0) is 32.9 Å². The summed E-state index contributed by atoms with van der Waals surface area (Å²) in [5, 5.41) is 3.25. The Morgan fingerprint density at radius 3 is 2.47 bits per heavy atom. The Hall–Kier alpha value is 0.110. The molecular formula is C10H24NO3P. The molecule has 0 aliphatic carbocycles. The van der Waals surface area contributed by atoms with Gasteiger partial charge in [0.2, 0.25) is 0 Å². The Balaban J connectivity index is 3.26. The molecule has 0 rings (SSSR count). The van der Waals surface area contributed by atoms with Gasteiger partial charge in [-0.25, -0.2) is 0 Å². The van der Waals surface area contributed by atoms with Crippen molar-refractivity contribution in [3.63, 3.8) is 0 Å². The molecule has 0 heterocycles. The predicted molar refractivity (Wildman–Crippen MR) is 63.3 cm³/mol. The van der Waals surface area contributed by atoms with Crippen molar-refractivity contribution in [2.24, 2.45) is 0 Å². The van der Waals surface area contributed by atoms with E-state index >= 15 is 0 Å². The van der Waals surface area contributed by atoms with Gasteiger partial charge in [-0.2, -0.15) is 0 Å². The van der Waals surface area contributed by atoms with Gasteiger partial charge in [-0.1, -0.05) is 19.8 Å². The van der Waals surface area contributed by atoms with Gasteiger partial charge in [-0.15, -0.1) is 0 Å². The highest BCUT2D eigenvalue weighted by atomic mass is 31.2. The Labute approximate surface area is 92.9 Å². The van der Waals surface area contributed by atoms with Crippen LogP contribution in [0.1, 0.15) is 39.5 Å². The lowest BCUT2D eigenvalue weighted by molar-refractivity contribution is 0.273. The van der Waals surface area contributed by atoms with Crippen molar-refractivity contribution in [2.45, 2.75) is 39.5 Å². The molecule has 5 heteroatoms. The molecule has 0 aromatic carbocycles. The van der Waals surface area contributed by atoms with E-state index < -0.39 is 7.60 Å². The topological polar surface area (TPSA) is 58.6 Å². The zero-order chi connectivity index (χ0) is 11.6. The molecule has 0 saturated carbocycles. The summed E-state index contributed by atoms with van der Waals surface area (Å²) >= 11 is 0. The van der Waals surface area contributed by atoms with Crippen LogP contribution in [0.4, 0.5) is 0 Å². The Bertz CT molecular complexity index is 188. The van der Waals surface area contributed by atoms with Gasteiger partial charge in [0.25, 0.3) is 0 Å². The summed E-state index contributed by atoms with van der Waals surface area (Å²) in [5.41, 5.74) is 0. The molecule has 0 bridgehead atoms. The Kier molecular flexibility index (Phi) is 9.41. The first kappa shape index (κ1) is 15.1. The molecule has 1 unspecified atom stereocenters. The molecule has 0 spiro atoms. The van der Waals surface area contributed by atoms with E-state index in [1.807, 2.05) is 0 Å². The molecule has 15 heavy (non-hydrogen) atoms. The van der Waals surface area contributed by atoms with Crippen LogP contribution in [0.25, 0.3) is 0 Å². The standard InChI is InChI=1S/C10H24NO3P/c1-3-5-6-8-11-9-7-10-15(12,13)14-4-2/h11H,3-10H2,1-2H3,(H,12,13). The second-order valence-electron chi connectivity index (χ2n) is 3.59. The molecule has 0 aliphatic heterocycles. The quantitative estimate of drug-likeness (QED) is 0.452. The monoisotopic (exact) mass is 237 g/mol. The van der Waals surface area contributed by atoms with Crippen molar-refractivity contribution < 1.29 is 14.0 Å². The van der Waals surface area contributed by atoms with Gasteiger partial charge in [0.05, 0.1) is 12.8 Å². The average molecular weight is 237 g/mol. The second-order valence-corrected chi connectivity index (χ2v) is 5.57. The molecule has 4 nitrogen and oxygen atoms in total. The molecular weight excluding hydrogens is 213 g/mol. The van der Waals surface area contributed by atoms with E-state index in [0.29, 0.717) is 13.0 Å². The number of hydrogen-bond donors (Lipinski definition) is 2. The van der Waals surface area contributed by atoms with Crippen LogP contribution in [0.5, 0.6) is 0 Å². The van der Waals surface area contributed by atoms with Crippen molar-refractivity contribution in [3.05, 3.63) is 0 Å². The van der Waals surface area contributed by atoms with E-state index in [4.69, 9.17) is 4.52 Å². The second kappa shape index (κ2) is 9.34. The molecule has 0 amide bonds. The van der Waals surface area contributed by atoms with Crippen LogP contribution in [0.3, 0.4) is 0 Å². The summed E-state index contributed by atoms with van der Waals surface area (Å²) in [4.78, 5) is 9.26. The lowest BCUT2D eigenvalue weighted by Gasteiger charge is -2.10. The van der Waals surface area contributed by atoms with Gasteiger partial charge in [-0.3, -0.25) is 4.57 Å². The molecule has 0 fully saturated rings. The normalized spacial score (nSPS) is 15.1. The highest BCUT2D eigenvalue weighted by Gasteiger charge is 2.16. The summed E-state index contributed by atoms with van der Waals surface area (Å²) < 4.78 is 16.0. The van der Waals surface area contributed by atoms with Crippen LogP contribution in [0.2, 0.25) is 0 Å².